The van der Waals surface area contributed by atoms with Gasteiger partial charge >= 0.3 is 0 Å². The second-order valence-corrected chi connectivity index (χ2v) is 11.2. The normalized spacial score (nSPS) is 50.0. The monoisotopic (exact) mass is 386 g/mol. The molecule has 4 rings (SSSR count). The van der Waals surface area contributed by atoms with Gasteiger partial charge in [-0.15, -0.1) is 0 Å². The lowest BCUT2D eigenvalue weighted by Gasteiger charge is -2.40. The Morgan fingerprint density at radius 3 is 2.23 bits per heavy atom. The van der Waals surface area contributed by atoms with Crippen molar-refractivity contribution < 1.29 is 22.8 Å². The van der Waals surface area contributed by atoms with Crippen LogP contribution in [0.5, 0.6) is 0 Å². The number of fused-ring (bicyclic) bond motifs is 4. The molecule has 10 atom stereocenters. The molecule has 0 amide bonds. The van der Waals surface area contributed by atoms with Crippen LogP contribution in [-0.2, 0) is 14.9 Å². The van der Waals surface area contributed by atoms with Crippen LogP contribution in [0.2, 0.25) is 0 Å². The van der Waals surface area contributed by atoms with Crippen molar-refractivity contribution in [3.8, 4) is 0 Å². The van der Waals surface area contributed by atoms with Crippen molar-refractivity contribution in [1.29, 1.82) is 0 Å². The van der Waals surface area contributed by atoms with E-state index in [1.54, 1.807) is 0 Å². The molecule has 150 valence electrons. The fourth-order valence-electron chi connectivity index (χ4n) is 7.65. The Labute approximate surface area is 157 Å². The number of aliphatic hydroxyl groups is 1. The first-order chi connectivity index (χ1) is 12.3. The van der Waals surface area contributed by atoms with Gasteiger partial charge in [-0.05, 0) is 91.3 Å². The quantitative estimate of drug-likeness (QED) is 0.657. The van der Waals surface area contributed by atoms with Gasteiger partial charge in [0.1, 0.15) is 0 Å². The third kappa shape index (κ3) is 3.36. The van der Waals surface area contributed by atoms with Crippen LogP contribution >= 0.6 is 0 Å². The molecular formula is C20H34O5S. The lowest BCUT2D eigenvalue weighted by Crippen LogP contribution is -2.35. The largest absolute Gasteiger partial charge is 0.396 e. The van der Waals surface area contributed by atoms with Crippen LogP contribution in [0, 0.1) is 59.2 Å². The van der Waals surface area contributed by atoms with E-state index in [0.717, 1.165) is 47.8 Å². The molecule has 6 unspecified atom stereocenters. The molecule has 0 aliphatic heterocycles. The third-order valence-electron chi connectivity index (χ3n) is 8.84. The standard InChI is InChI=1S/C20H34O5S/c1-11-13-3-16(9-25-10-26(22,23)24)20(5-13)19(11)7-18-12(2)17-6-14(18)4-15(17)8-21/h11-21H,3-10H2,1-2H3,(H,22,23,24)/t11?,12?,13-,14+,15?,16?,17-,18?,19?,20-/m0/s1. The summed E-state index contributed by atoms with van der Waals surface area (Å²) in [6, 6.07) is 0. The lowest BCUT2D eigenvalue weighted by atomic mass is 9.66. The maximum absolute atomic E-state index is 10.9. The summed E-state index contributed by atoms with van der Waals surface area (Å²) in [5.74, 6) is 6.34. The number of rotatable bonds is 7. The molecule has 4 aliphatic carbocycles. The predicted octanol–water partition coefficient (Wildman–Crippen LogP) is 3.05. The topological polar surface area (TPSA) is 83.8 Å². The van der Waals surface area contributed by atoms with Crippen LogP contribution in [0.25, 0.3) is 0 Å². The van der Waals surface area contributed by atoms with E-state index in [9.17, 15) is 13.5 Å². The van der Waals surface area contributed by atoms with Crippen LogP contribution in [-0.4, -0.2) is 37.2 Å². The molecular weight excluding hydrogens is 352 g/mol. The van der Waals surface area contributed by atoms with Gasteiger partial charge < -0.3 is 9.84 Å². The molecule has 0 aromatic rings. The summed E-state index contributed by atoms with van der Waals surface area (Å²) in [4.78, 5) is 0. The molecule has 26 heavy (non-hydrogen) atoms. The van der Waals surface area contributed by atoms with Crippen LogP contribution in [0.15, 0.2) is 0 Å². The lowest BCUT2D eigenvalue weighted by molar-refractivity contribution is 0.0440. The SMILES string of the molecule is CC1C(CC2C(C)[C@@H]3C[C@H]2CC3CO)[C@H]2C[C@@H]1CC2COCS(=O)(=O)O. The first-order valence-electron chi connectivity index (χ1n) is 10.4. The van der Waals surface area contributed by atoms with E-state index >= 15 is 0 Å². The zero-order valence-corrected chi connectivity index (χ0v) is 16.8. The van der Waals surface area contributed by atoms with Crippen molar-refractivity contribution in [1.82, 2.24) is 0 Å². The van der Waals surface area contributed by atoms with Gasteiger partial charge in [-0.1, -0.05) is 13.8 Å². The summed E-state index contributed by atoms with van der Waals surface area (Å²) < 4.78 is 36.0. The smallest absolute Gasteiger partial charge is 0.289 e. The van der Waals surface area contributed by atoms with Crippen LogP contribution < -0.4 is 0 Å². The minimum Gasteiger partial charge on any atom is -0.396 e. The molecule has 4 saturated carbocycles. The second kappa shape index (κ2) is 7.02. The maximum atomic E-state index is 10.9. The highest BCUT2D eigenvalue weighted by Crippen LogP contribution is 2.62. The summed E-state index contributed by atoms with van der Waals surface area (Å²) in [6.45, 7) is 5.64. The zero-order valence-electron chi connectivity index (χ0n) is 16.0. The first-order valence-corrected chi connectivity index (χ1v) is 12.0. The molecule has 0 aromatic carbocycles. The third-order valence-corrected chi connectivity index (χ3v) is 9.30. The Kier molecular flexibility index (Phi) is 5.17. The van der Waals surface area contributed by atoms with Gasteiger partial charge in [-0.25, -0.2) is 0 Å². The Bertz CT molecular complexity index is 616. The van der Waals surface area contributed by atoms with E-state index in [-0.39, 0.29) is 0 Å². The predicted molar refractivity (Wildman–Crippen MR) is 98.8 cm³/mol. The molecule has 4 bridgehead atoms. The van der Waals surface area contributed by atoms with Gasteiger partial charge in [0.25, 0.3) is 10.1 Å². The Hall–Kier alpha value is -0.170. The van der Waals surface area contributed by atoms with Crippen molar-refractivity contribution in [3.63, 3.8) is 0 Å². The minimum atomic E-state index is -4.04. The molecule has 4 aliphatic rings. The molecule has 0 spiro atoms. The Morgan fingerprint density at radius 2 is 1.62 bits per heavy atom. The molecule has 0 saturated heterocycles. The van der Waals surface area contributed by atoms with E-state index in [1.165, 1.54) is 25.7 Å². The van der Waals surface area contributed by atoms with E-state index in [4.69, 9.17) is 9.29 Å². The van der Waals surface area contributed by atoms with Crippen LogP contribution in [0.1, 0.15) is 46.0 Å². The van der Waals surface area contributed by atoms with E-state index in [1.807, 2.05) is 0 Å². The Balaban J connectivity index is 1.37. The summed E-state index contributed by atoms with van der Waals surface area (Å²) in [6.07, 6.45) is 6.24. The molecule has 6 heteroatoms. The van der Waals surface area contributed by atoms with Crippen molar-refractivity contribution in [2.75, 3.05) is 19.2 Å². The molecule has 5 nitrogen and oxygen atoms in total. The Morgan fingerprint density at radius 1 is 0.923 bits per heavy atom. The van der Waals surface area contributed by atoms with Gasteiger partial charge in [0.15, 0.2) is 5.94 Å². The molecule has 0 aromatic heterocycles. The van der Waals surface area contributed by atoms with Gasteiger partial charge in [-0.3, -0.25) is 4.55 Å². The number of ether oxygens (including phenoxy) is 1. The zero-order chi connectivity index (χ0) is 18.6. The van der Waals surface area contributed by atoms with Crippen molar-refractivity contribution in [3.05, 3.63) is 0 Å². The molecule has 2 N–H and O–H groups in total. The summed E-state index contributed by atoms with van der Waals surface area (Å²) in [7, 11) is -4.04. The van der Waals surface area contributed by atoms with Crippen LogP contribution in [0.3, 0.4) is 0 Å². The van der Waals surface area contributed by atoms with E-state index < -0.39 is 16.1 Å². The maximum Gasteiger partial charge on any atom is 0.289 e. The highest BCUT2D eigenvalue weighted by molar-refractivity contribution is 7.85. The average Bonchev–Trinajstić information content (AvgIpc) is 3.29. The summed E-state index contributed by atoms with van der Waals surface area (Å²) in [5.41, 5.74) is 0. The van der Waals surface area contributed by atoms with Gasteiger partial charge in [0, 0.05) is 6.61 Å². The van der Waals surface area contributed by atoms with E-state index in [0.29, 0.717) is 31.0 Å². The fraction of sp³-hybridized carbons (Fsp3) is 1.00. The number of aliphatic hydroxyl groups excluding tert-OH is 1. The average molecular weight is 387 g/mol. The van der Waals surface area contributed by atoms with Gasteiger partial charge in [0.05, 0.1) is 6.61 Å². The van der Waals surface area contributed by atoms with Gasteiger partial charge in [-0.2, -0.15) is 8.42 Å². The number of hydrogen-bond donors (Lipinski definition) is 2. The van der Waals surface area contributed by atoms with Crippen molar-refractivity contribution >= 4 is 10.1 Å². The highest BCUT2D eigenvalue weighted by Gasteiger charge is 2.55. The minimum absolute atomic E-state index is 0.357. The van der Waals surface area contributed by atoms with E-state index in [2.05, 4.69) is 13.8 Å². The summed E-state index contributed by atoms with van der Waals surface area (Å²) >= 11 is 0. The van der Waals surface area contributed by atoms with Crippen LogP contribution in [0.4, 0.5) is 0 Å². The van der Waals surface area contributed by atoms with Crippen molar-refractivity contribution in [2.45, 2.75) is 46.0 Å². The first kappa shape index (κ1) is 19.2. The van der Waals surface area contributed by atoms with Gasteiger partial charge in [0.2, 0.25) is 0 Å². The molecule has 4 fully saturated rings. The van der Waals surface area contributed by atoms with Crippen molar-refractivity contribution in [2.24, 2.45) is 59.2 Å². The summed E-state index contributed by atoms with van der Waals surface area (Å²) in [5, 5.41) is 9.60. The second-order valence-electron chi connectivity index (χ2n) is 9.85. The fourth-order valence-corrected chi connectivity index (χ4v) is 7.96. The number of hydrogen-bond acceptors (Lipinski definition) is 4. The molecule has 0 heterocycles. The molecule has 0 radical (unpaired) electrons. The highest BCUT2D eigenvalue weighted by atomic mass is 32.2.